The summed E-state index contributed by atoms with van der Waals surface area (Å²) in [5.41, 5.74) is 1.15. The molecule has 5 nitrogen and oxygen atoms in total. The number of aromatic nitrogens is 4. The van der Waals surface area contributed by atoms with Crippen LogP contribution in [0.4, 0.5) is 0 Å². The summed E-state index contributed by atoms with van der Waals surface area (Å²) in [6, 6.07) is 1.80. The molecule has 102 valence electrons. The van der Waals surface area contributed by atoms with Crippen molar-refractivity contribution in [2.75, 3.05) is 0 Å². The molecule has 1 aliphatic carbocycles. The van der Waals surface area contributed by atoms with E-state index in [4.69, 9.17) is 12.2 Å². The third-order valence-electron chi connectivity index (χ3n) is 3.69. The fourth-order valence-electron chi connectivity index (χ4n) is 2.81. The summed E-state index contributed by atoms with van der Waals surface area (Å²) in [6.07, 6.45) is 4.99. The quantitative estimate of drug-likeness (QED) is 0.702. The minimum Gasteiger partial charge on any atom is -0.323 e. The highest BCUT2D eigenvalue weighted by atomic mass is 32.1. The first kappa shape index (κ1) is 12.0. The molecule has 1 aliphatic rings. The Labute approximate surface area is 123 Å². The molecule has 0 aliphatic heterocycles. The Hall–Kier alpha value is -1.73. The molecule has 1 N–H and O–H groups in total. The van der Waals surface area contributed by atoms with Gasteiger partial charge in [0.15, 0.2) is 10.6 Å². The van der Waals surface area contributed by atoms with Crippen molar-refractivity contribution in [3.05, 3.63) is 37.8 Å². The average molecular weight is 304 g/mol. The molecule has 0 spiro atoms. The maximum absolute atomic E-state index is 12.8. The third kappa shape index (κ3) is 1.56. The zero-order valence-corrected chi connectivity index (χ0v) is 12.5. The van der Waals surface area contributed by atoms with Crippen LogP contribution in [-0.2, 0) is 19.9 Å². The predicted octanol–water partition coefficient (Wildman–Crippen LogP) is 2.33. The summed E-state index contributed by atoms with van der Waals surface area (Å²) >= 11 is 6.99. The molecule has 4 rings (SSSR count). The molecule has 0 saturated heterocycles. The van der Waals surface area contributed by atoms with E-state index in [1.165, 1.54) is 15.0 Å². The van der Waals surface area contributed by atoms with Gasteiger partial charge in [0, 0.05) is 24.2 Å². The van der Waals surface area contributed by atoms with Crippen LogP contribution in [-0.4, -0.2) is 19.3 Å². The second-order valence-corrected chi connectivity index (χ2v) is 6.47. The smallest absolute Gasteiger partial charge is 0.269 e. The van der Waals surface area contributed by atoms with Gasteiger partial charge < -0.3 is 4.98 Å². The van der Waals surface area contributed by atoms with Crippen LogP contribution in [0.25, 0.3) is 16.0 Å². The van der Waals surface area contributed by atoms with Crippen molar-refractivity contribution in [2.45, 2.75) is 19.3 Å². The summed E-state index contributed by atoms with van der Waals surface area (Å²) in [5, 5.41) is 5.08. The Morgan fingerprint density at radius 1 is 1.45 bits per heavy atom. The second-order valence-electron chi connectivity index (χ2n) is 4.98. The lowest BCUT2D eigenvalue weighted by atomic mass is 10.2. The summed E-state index contributed by atoms with van der Waals surface area (Å²) in [4.78, 5) is 18.2. The van der Waals surface area contributed by atoms with Gasteiger partial charge in [-0.3, -0.25) is 9.48 Å². The second kappa shape index (κ2) is 4.13. The molecule has 7 heteroatoms. The predicted molar refractivity (Wildman–Crippen MR) is 81.4 cm³/mol. The molecule has 3 heterocycles. The lowest BCUT2D eigenvalue weighted by Crippen LogP contribution is -2.21. The van der Waals surface area contributed by atoms with Crippen molar-refractivity contribution in [1.29, 1.82) is 0 Å². The lowest BCUT2D eigenvalue weighted by molar-refractivity contribution is 0.742. The molecule has 0 aromatic carbocycles. The molecule has 0 radical (unpaired) electrons. The third-order valence-corrected chi connectivity index (χ3v) is 5.18. The first-order chi connectivity index (χ1) is 9.65. The molecular weight excluding hydrogens is 292 g/mol. The van der Waals surface area contributed by atoms with Gasteiger partial charge in [0.2, 0.25) is 0 Å². The topological polar surface area (TPSA) is 55.6 Å². The first-order valence-corrected chi connectivity index (χ1v) is 7.67. The highest BCUT2D eigenvalue weighted by Gasteiger charge is 2.22. The van der Waals surface area contributed by atoms with Crippen LogP contribution in [0, 0.1) is 4.77 Å². The lowest BCUT2D eigenvalue weighted by Gasteiger charge is -2.03. The maximum atomic E-state index is 12.8. The van der Waals surface area contributed by atoms with E-state index in [1.54, 1.807) is 28.3 Å². The van der Waals surface area contributed by atoms with E-state index in [0.717, 1.165) is 29.5 Å². The van der Waals surface area contributed by atoms with Gasteiger partial charge >= 0.3 is 0 Å². The van der Waals surface area contributed by atoms with Gasteiger partial charge in [0.25, 0.3) is 5.56 Å². The minimum absolute atomic E-state index is 0.0538. The molecule has 0 fully saturated rings. The number of nitrogens with one attached hydrogen (secondary N) is 1. The Morgan fingerprint density at radius 3 is 3.05 bits per heavy atom. The number of fused-ring (bicyclic) bond motifs is 3. The highest BCUT2D eigenvalue weighted by molar-refractivity contribution is 7.71. The number of hydrogen-bond donors (Lipinski definition) is 1. The van der Waals surface area contributed by atoms with E-state index in [0.29, 0.717) is 10.6 Å². The van der Waals surface area contributed by atoms with E-state index in [2.05, 4.69) is 10.1 Å². The van der Waals surface area contributed by atoms with Crippen LogP contribution in [0.5, 0.6) is 0 Å². The number of rotatable bonds is 1. The van der Waals surface area contributed by atoms with E-state index in [1.807, 2.05) is 7.05 Å². The van der Waals surface area contributed by atoms with Gasteiger partial charge in [-0.05, 0) is 37.0 Å². The summed E-state index contributed by atoms with van der Waals surface area (Å²) in [6.45, 7) is 0. The number of thiophene rings is 1. The van der Waals surface area contributed by atoms with Crippen molar-refractivity contribution in [3.8, 4) is 5.82 Å². The fraction of sp³-hybridized carbons (Fsp3) is 0.308. The standard InChI is InChI=1S/C13H12N4OS2/c1-16-6-5-9(15-16)17-12(18)10-7-3-2-4-8(7)20-11(10)14-13(17)19/h5-6H,2-4H2,1H3,(H,14,19). The molecule has 0 saturated carbocycles. The monoisotopic (exact) mass is 304 g/mol. The number of aromatic amines is 1. The first-order valence-electron chi connectivity index (χ1n) is 6.45. The fourth-order valence-corrected chi connectivity index (χ4v) is 4.43. The van der Waals surface area contributed by atoms with Gasteiger partial charge in [0.1, 0.15) is 4.83 Å². The normalized spacial score (nSPS) is 14.1. The Bertz CT molecular complexity index is 944. The van der Waals surface area contributed by atoms with Crippen LogP contribution in [0.1, 0.15) is 16.9 Å². The van der Waals surface area contributed by atoms with Gasteiger partial charge in [-0.25, -0.2) is 4.57 Å². The Balaban J connectivity index is 2.12. The molecule has 0 atom stereocenters. The van der Waals surface area contributed by atoms with E-state index in [-0.39, 0.29) is 5.56 Å². The molecule has 20 heavy (non-hydrogen) atoms. The minimum atomic E-state index is -0.0538. The van der Waals surface area contributed by atoms with Gasteiger partial charge in [-0.2, -0.15) is 5.10 Å². The number of nitrogens with zero attached hydrogens (tertiary/aromatic N) is 3. The summed E-state index contributed by atoms with van der Waals surface area (Å²) in [5.74, 6) is 0.568. The Morgan fingerprint density at radius 2 is 2.30 bits per heavy atom. The van der Waals surface area contributed by atoms with Crippen LogP contribution in [0.3, 0.4) is 0 Å². The molecular formula is C13H12N4OS2. The van der Waals surface area contributed by atoms with Crippen molar-refractivity contribution >= 4 is 33.8 Å². The maximum Gasteiger partial charge on any atom is 0.269 e. The van der Waals surface area contributed by atoms with E-state index in [9.17, 15) is 4.79 Å². The summed E-state index contributed by atoms with van der Waals surface area (Å²) < 4.78 is 3.56. The summed E-state index contributed by atoms with van der Waals surface area (Å²) in [7, 11) is 1.82. The van der Waals surface area contributed by atoms with Crippen molar-refractivity contribution in [3.63, 3.8) is 0 Å². The highest BCUT2D eigenvalue weighted by Crippen LogP contribution is 2.34. The zero-order valence-electron chi connectivity index (χ0n) is 10.8. The number of H-pyrrole nitrogens is 1. The number of aryl methyl sites for hydroxylation is 3. The van der Waals surface area contributed by atoms with Gasteiger partial charge in [-0.1, -0.05) is 0 Å². The Kier molecular flexibility index (Phi) is 2.49. The molecule has 0 bridgehead atoms. The van der Waals surface area contributed by atoms with Crippen LogP contribution in [0.15, 0.2) is 17.1 Å². The molecule has 0 amide bonds. The van der Waals surface area contributed by atoms with E-state index < -0.39 is 0 Å². The van der Waals surface area contributed by atoms with Crippen LogP contribution < -0.4 is 5.56 Å². The SMILES string of the molecule is Cn1ccc(-n2c(=S)[nH]c3sc4c(c3c2=O)CCC4)n1. The van der Waals surface area contributed by atoms with E-state index >= 15 is 0 Å². The largest absolute Gasteiger partial charge is 0.323 e. The van der Waals surface area contributed by atoms with Crippen LogP contribution in [0.2, 0.25) is 0 Å². The molecule has 3 aromatic heterocycles. The van der Waals surface area contributed by atoms with Gasteiger partial charge in [0.05, 0.1) is 5.39 Å². The van der Waals surface area contributed by atoms with Crippen molar-refractivity contribution in [2.24, 2.45) is 7.05 Å². The van der Waals surface area contributed by atoms with Crippen molar-refractivity contribution in [1.82, 2.24) is 19.3 Å². The van der Waals surface area contributed by atoms with Crippen LogP contribution >= 0.6 is 23.6 Å². The molecule has 0 unspecified atom stereocenters. The number of hydrogen-bond acceptors (Lipinski definition) is 4. The molecule has 3 aromatic rings. The average Bonchev–Trinajstić information content (AvgIpc) is 3.04. The zero-order chi connectivity index (χ0) is 13.9. The van der Waals surface area contributed by atoms with Gasteiger partial charge in [-0.15, -0.1) is 11.3 Å². The van der Waals surface area contributed by atoms with Crippen molar-refractivity contribution < 1.29 is 0 Å².